The molecule has 0 fully saturated rings. The minimum atomic E-state index is -4.42. The lowest BCUT2D eigenvalue weighted by molar-refractivity contribution is -0.137. The Balaban J connectivity index is 1.78. The van der Waals surface area contributed by atoms with E-state index in [0.717, 1.165) is 12.1 Å². The average Bonchev–Trinajstić information content (AvgIpc) is 2.97. The molecule has 4 nitrogen and oxygen atoms in total. The van der Waals surface area contributed by atoms with Crippen LogP contribution in [-0.4, -0.2) is 15.5 Å². The van der Waals surface area contributed by atoms with Crippen LogP contribution in [-0.2, 0) is 6.18 Å². The van der Waals surface area contributed by atoms with E-state index in [-0.39, 0.29) is 5.52 Å². The van der Waals surface area contributed by atoms with Crippen molar-refractivity contribution in [1.82, 2.24) is 14.9 Å². The molecule has 8 heteroatoms. The molecular weight excluding hydrogens is 355 g/mol. The van der Waals surface area contributed by atoms with Gasteiger partial charge in [-0.2, -0.15) is 13.2 Å². The van der Waals surface area contributed by atoms with Crippen molar-refractivity contribution in [1.29, 1.82) is 0 Å². The Morgan fingerprint density at radius 2 is 1.96 bits per heavy atom. The van der Waals surface area contributed by atoms with E-state index in [4.69, 9.17) is 11.6 Å². The lowest BCUT2D eigenvalue weighted by atomic mass is 10.2. The molecule has 1 N–H and O–H groups in total. The first kappa shape index (κ1) is 17.0. The van der Waals surface area contributed by atoms with Gasteiger partial charge in [0.1, 0.15) is 0 Å². The molecule has 0 saturated carbocycles. The Morgan fingerprint density at radius 3 is 2.68 bits per heavy atom. The monoisotopic (exact) mass is 365 g/mol. The number of imidazole rings is 1. The van der Waals surface area contributed by atoms with E-state index in [0.29, 0.717) is 16.1 Å². The van der Waals surface area contributed by atoms with Crippen molar-refractivity contribution in [3.8, 4) is 0 Å². The molecule has 1 aromatic heterocycles. The Hall–Kier alpha value is -2.80. The normalized spacial score (nSPS) is 12.0. The Morgan fingerprint density at radius 1 is 1.20 bits per heavy atom. The number of hydrogen-bond donors (Lipinski definition) is 1. The number of nitrogens with zero attached hydrogens (tertiary/aromatic N) is 2. The topological polar surface area (TPSA) is 46.9 Å². The van der Waals surface area contributed by atoms with Crippen LogP contribution in [0.5, 0.6) is 0 Å². The van der Waals surface area contributed by atoms with E-state index in [1.165, 1.54) is 29.4 Å². The van der Waals surface area contributed by atoms with Crippen LogP contribution in [0.1, 0.15) is 15.9 Å². The van der Waals surface area contributed by atoms with Crippen molar-refractivity contribution in [2.75, 3.05) is 0 Å². The molecule has 0 aliphatic carbocycles. The van der Waals surface area contributed by atoms with Crippen molar-refractivity contribution in [3.63, 3.8) is 0 Å². The highest BCUT2D eigenvalue weighted by molar-refractivity contribution is 6.33. The third-order valence-electron chi connectivity index (χ3n) is 3.47. The highest BCUT2D eigenvalue weighted by atomic mass is 35.5. The standard InChI is InChI=1S/C17H11ClF3N3O/c18-13-4-2-1-3-12(13)16(25)22-7-8-24-10-23-14-9-11(17(19,20)21)5-6-15(14)24/h1-10H,(H,22,25). The predicted molar refractivity (Wildman–Crippen MR) is 89.0 cm³/mol. The molecular formula is C17H11ClF3N3O. The minimum absolute atomic E-state index is 0.205. The molecule has 0 bridgehead atoms. The molecule has 1 heterocycles. The summed E-state index contributed by atoms with van der Waals surface area (Å²) in [5.41, 5.74) is 0.244. The summed E-state index contributed by atoms with van der Waals surface area (Å²) in [4.78, 5) is 16.0. The quantitative estimate of drug-likeness (QED) is 0.739. The highest BCUT2D eigenvalue weighted by Gasteiger charge is 2.30. The summed E-state index contributed by atoms with van der Waals surface area (Å²) in [6, 6.07) is 9.86. The Bertz CT molecular complexity index is 963. The van der Waals surface area contributed by atoms with E-state index in [9.17, 15) is 18.0 Å². The van der Waals surface area contributed by atoms with Crippen molar-refractivity contribution >= 4 is 34.7 Å². The highest BCUT2D eigenvalue weighted by Crippen LogP contribution is 2.31. The van der Waals surface area contributed by atoms with Gasteiger partial charge in [-0.05, 0) is 30.3 Å². The largest absolute Gasteiger partial charge is 0.416 e. The van der Waals surface area contributed by atoms with Gasteiger partial charge < -0.3 is 9.88 Å². The van der Waals surface area contributed by atoms with Gasteiger partial charge in [-0.3, -0.25) is 4.79 Å². The van der Waals surface area contributed by atoms with Gasteiger partial charge in [-0.1, -0.05) is 23.7 Å². The summed E-state index contributed by atoms with van der Waals surface area (Å²) < 4.78 is 39.6. The summed E-state index contributed by atoms with van der Waals surface area (Å²) >= 11 is 5.94. The SMILES string of the molecule is O=C(NC=Cn1cnc2cc(C(F)(F)F)ccc21)c1ccccc1Cl. The molecule has 3 rings (SSSR count). The lowest BCUT2D eigenvalue weighted by Gasteiger charge is -2.06. The molecule has 0 spiro atoms. The molecule has 0 atom stereocenters. The number of carbonyl (C=O) groups is 1. The van der Waals surface area contributed by atoms with E-state index >= 15 is 0 Å². The van der Waals surface area contributed by atoms with Crippen molar-refractivity contribution in [2.45, 2.75) is 6.18 Å². The van der Waals surface area contributed by atoms with Crippen LogP contribution in [0.3, 0.4) is 0 Å². The first-order valence-electron chi connectivity index (χ1n) is 7.12. The van der Waals surface area contributed by atoms with Crippen LogP contribution in [0.4, 0.5) is 13.2 Å². The molecule has 1 amide bonds. The number of aromatic nitrogens is 2. The number of fused-ring (bicyclic) bond motifs is 1. The fraction of sp³-hybridized carbons (Fsp3) is 0.0588. The number of carbonyl (C=O) groups excluding carboxylic acids is 1. The van der Waals surface area contributed by atoms with Crippen LogP contribution in [0.25, 0.3) is 17.2 Å². The van der Waals surface area contributed by atoms with Gasteiger partial charge in [0.05, 0.1) is 33.5 Å². The van der Waals surface area contributed by atoms with Crippen LogP contribution < -0.4 is 5.32 Å². The van der Waals surface area contributed by atoms with E-state index < -0.39 is 17.6 Å². The second-order valence-corrected chi connectivity index (χ2v) is 5.53. The molecule has 128 valence electrons. The van der Waals surface area contributed by atoms with Gasteiger partial charge >= 0.3 is 6.18 Å². The van der Waals surface area contributed by atoms with Gasteiger partial charge in [0, 0.05) is 12.4 Å². The number of alkyl halides is 3. The van der Waals surface area contributed by atoms with Crippen LogP contribution in [0, 0.1) is 0 Å². The van der Waals surface area contributed by atoms with Gasteiger partial charge in [0.25, 0.3) is 5.91 Å². The zero-order valence-electron chi connectivity index (χ0n) is 12.6. The van der Waals surface area contributed by atoms with Crippen molar-refractivity contribution < 1.29 is 18.0 Å². The van der Waals surface area contributed by atoms with Gasteiger partial charge in [-0.15, -0.1) is 0 Å². The second kappa shape index (κ2) is 6.60. The molecule has 2 aromatic carbocycles. The van der Waals surface area contributed by atoms with Crippen molar-refractivity contribution in [3.05, 3.63) is 71.1 Å². The average molecular weight is 366 g/mol. The number of amides is 1. The Kier molecular flexibility index (Phi) is 4.50. The molecule has 0 aliphatic rings. The van der Waals surface area contributed by atoms with Gasteiger partial charge in [-0.25, -0.2) is 4.98 Å². The molecule has 3 aromatic rings. The lowest BCUT2D eigenvalue weighted by Crippen LogP contribution is -2.17. The van der Waals surface area contributed by atoms with E-state index in [2.05, 4.69) is 10.3 Å². The maximum Gasteiger partial charge on any atom is 0.416 e. The van der Waals surface area contributed by atoms with Crippen molar-refractivity contribution in [2.24, 2.45) is 0 Å². The molecule has 25 heavy (non-hydrogen) atoms. The third kappa shape index (κ3) is 3.66. The first-order valence-corrected chi connectivity index (χ1v) is 7.50. The summed E-state index contributed by atoms with van der Waals surface area (Å²) in [6.45, 7) is 0. The van der Waals surface area contributed by atoms with Gasteiger partial charge in [0.15, 0.2) is 0 Å². The van der Waals surface area contributed by atoms with Crippen LogP contribution in [0.15, 0.2) is 55.0 Å². The van der Waals surface area contributed by atoms with Crippen LogP contribution in [0.2, 0.25) is 5.02 Å². The number of rotatable bonds is 3. The zero-order chi connectivity index (χ0) is 18.0. The molecule has 0 saturated heterocycles. The number of nitrogens with one attached hydrogen (secondary N) is 1. The number of hydrogen-bond acceptors (Lipinski definition) is 2. The first-order chi connectivity index (χ1) is 11.9. The molecule has 0 radical (unpaired) electrons. The molecule has 0 unspecified atom stereocenters. The molecule has 0 aliphatic heterocycles. The summed E-state index contributed by atoms with van der Waals surface area (Å²) in [6.07, 6.45) is -0.207. The minimum Gasteiger partial charge on any atom is -0.327 e. The maximum atomic E-state index is 12.7. The number of benzene rings is 2. The summed E-state index contributed by atoms with van der Waals surface area (Å²) in [5, 5.41) is 2.87. The number of halogens is 4. The third-order valence-corrected chi connectivity index (χ3v) is 3.80. The van der Waals surface area contributed by atoms with Gasteiger partial charge in [0.2, 0.25) is 0 Å². The predicted octanol–water partition coefficient (Wildman–Crippen LogP) is 4.57. The second-order valence-electron chi connectivity index (χ2n) is 5.12. The van der Waals surface area contributed by atoms with Crippen LogP contribution >= 0.6 is 11.6 Å². The van der Waals surface area contributed by atoms with E-state index in [1.807, 2.05) is 0 Å². The smallest absolute Gasteiger partial charge is 0.327 e. The summed E-state index contributed by atoms with van der Waals surface area (Å²) in [5.74, 6) is -0.398. The maximum absolute atomic E-state index is 12.7. The fourth-order valence-corrected chi connectivity index (χ4v) is 2.46. The Labute approximate surface area is 145 Å². The zero-order valence-corrected chi connectivity index (χ0v) is 13.3. The summed E-state index contributed by atoms with van der Waals surface area (Å²) in [7, 11) is 0. The van der Waals surface area contributed by atoms with E-state index in [1.54, 1.807) is 24.3 Å². The fourth-order valence-electron chi connectivity index (χ4n) is 2.24.